The van der Waals surface area contributed by atoms with Gasteiger partial charge in [0.1, 0.15) is 0 Å². The van der Waals surface area contributed by atoms with Crippen LogP contribution in [0.2, 0.25) is 0 Å². The molecule has 0 saturated heterocycles. The first-order valence-electron chi connectivity index (χ1n) is 5.29. The fourth-order valence-electron chi connectivity index (χ4n) is 1.35. The Morgan fingerprint density at radius 2 is 2.12 bits per heavy atom. The van der Waals surface area contributed by atoms with Crippen molar-refractivity contribution in [1.82, 2.24) is 20.4 Å². The van der Waals surface area contributed by atoms with Gasteiger partial charge in [-0.1, -0.05) is 12.1 Å². The monoisotopic (exact) mass is 218 g/mol. The Kier molecular flexibility index (Phi) is 3.61. The molecule has 2 aromatic heterocycles. The summed E-state index contributed by atoms with van der Waals surface area (Å²) < 4.78 is 5.10. The lowest BCUT2D eigenvalue weighted by atomic mass is 10.2. The van der Waals surface area contributed by atoms with E-state index in [4.69, 9.17) is 4.52 Å². The van der Waals surface area contributed by atoms with Crippen LogP contribution < -0.4 is 5.32 Å². The molecule has 0 aliphatic carbocycles. The van der Waals surface area contributed by atoms with Crippen molar-refractivity contribution in [3.63, 3.8) is 0 Å². The van der Waals surface area contributed by atoms with Gasteiger partial charge in [-0.2, -0.15) is 4.98 Å². The van der Waals surface area contributed by atoms with Crippen LogP contribution in [0.1, 0.15) is 24.2 Å². The van der Waals surface area contributed by atoms with Crippen LogP contribution >= 0.6 is 0 Å². The van der Waals surface area contributed by atoms with Crippen molar-refractivity contribution in [2.24, 2.45) is 0 Å². The summed E-state index contributed by atoms with van der Waals surface area (Å²) in [6.07, 6.45) is 4.20. The molecular formula is C11H14N4O. The summed E-state index contributed by atoms with van der Waals surface area (Å²) in [5, 5.41) is 7.05. The zero-order valence-corrected chi connectivity index (χ0v) is 9.18. The fourth-order valence-corrected chi connectivity index (χ4v) is 1.35. The minimum absolute atomic E-state index is 0.625. The molecule has 5 nitrogen and oxygen atoms in total. The van der Waals surface area contributed by atoms with Crippen molar-refractivity contribution < 1.29 is 4.52 Å². The van der Waals surface area contributed by atoms with Crippen LogP contribution in [0.3, 0.4) is 0 Å². The molecule has 0 bridgehead atoms. The normalized spacial score (nSPS) is 10.6. The minimum atomic E-state index is 0.625. The Labute approximate surface area is 93.9 Å². The Morgan fingerprint density at radius 1 is 1.31 bits per heavy atom. The first-order chi connectivity index (χ1) is 7.88. The van der Waals surface area contributed by atoms with E-state index in [-0.39, 0.29) is 0 Å². The summed E-state index contributed by atoms with van der Waals surface area (Å²) in [6.45, 7) is 3.55. The van der Waals surface area contributed by atoms with Crippen LogP contribution in [0.25, 0.3) is 0 Å². The molecule has 0 amide bonds. The molecule has 2 heterocycles. The maximum Gasteiger partial charge on any atom is 0.240 e. The van der Waals surface area contributed by atoms with E-state index < -0.39 is 0 Å². The number of pyridine rings is 1. The maximum atomic E-state index is 5.10. The highest BCUT2D eigenvalue weighted by Gasteiger charge is 2.05. The van der Waals surface area contributed by atoms with Gasteiger partial charge in [-0.15, -0.1) is 0 Å². The second kappa shape index (κ2) is 5.37. The topological polar surface area (TPSA) is 63.8 Å². The van der Waals surface area contributed by atoms with Crippen molar-refractivity contribution in [2.45, 2.75) is 19.9 Å². The molecule has 2 aromatic rings. The molecular weight excluding hydrogens is 204 g/mol. The number of hydrogen-bond acceptors (Lipinski definition) is 5. The highest BCUT2D eigenvalue weighted by Crippen LogP contribution is 2.05. The molecule has 2 rings (SSSR count). The standard InChI is InChI=1S/C11H14N4O/c1-2-12-8-11-14-10(15-16-11)7-9-3-5-13-6-4-9/h3-6,12H,2,7-8H2,1H3. The van der Waals surface area contributed by atoms with E-state index in [1.165, 1.54) is 0 Å². The maximum absolute atomic E-state index is 5.10. The van der Waals surface area contributed by atoms with Crippen LogP contribution in [0, 0.1) is 0 Å². The van der Waals surface area contributed by atoms with E-state index in [0.717, 1.165) is 12.1 Å². The van der Waals surface area contributed by atoms with E-state index in [2.05, 4.69) is 20.4 Å². The van der Waals surface area contributed by atoms with Gasteiger partial charge in [0.05, 0.1) is 6.54 Å². The lowest BCUT2D eigenvalue weighted by Gasteiger charge is -1.94. The highest BCUT2D eigenvalue weighted by molar-refractivity contribution is 5.14. The number of hydrogen-bond donors (Lipinski definition) is 1. The molecule has 0 aliphatic rings. The Hall–Kier alpha value is -1.75. The van der Waals surface area contributed by atoms with E-state index in [9.17, 15) is 0 Å². The molecule has 5 heteroatoms. The summed E-state index contributed by atoms with van der Waals surface area (Å²) in [5.41, 5.74) is 1.13. The van der Waals surface area contributed by atoms with Gasteiger partial charge in [0.15, 0.2) is 5.82 Å². The van der Waals surface area contributed by atoms with E-state index in [0.29, 0.717) is 24.7 Å². The number of nitrogens with one attached hydrogen (secondary N) is 1. The van der Waals surface area contributed by atoms with Gasteiger partial charge in [0.25, 0.3) is 0 Å². The first kappa shape index (κ1) is 10.8. The average molecular weight is 218 g/mol. The van der Waals surface area contributed by atoms with E-state index in [1.54, 1.807) is 12.4 Å². The van der Waals surface area contributed by atoms with Gasteiger partial charge < -0.3 is 9.84 Å². The van der Waals surface area contributed by atoms with Gasteiger partial charge in [-0.25, -0.2) is 0 Å². The lowest BCUT2D eigenvalue weighted by Crippen LogP contribution is -2.11. The first-order valence-corrected chi connectivity index (χ1v) is 5.29. The van der Waals surface area contributed by atoms with Crippen LogP contribution in [0.4, 0.5) is 0 Å². The molecule has 0 unspecified atom stereocenters. The predicted molar refractivity (Wildman–Crippen MR) is 58.7 cm³/mol. The zero-order chi connectivity index (χ0) is 11.2. The minimum Gasteiger partial charge on any atom is -0.338 e. The quantitative estimate of drug-likeness (QED) is 0.816. The Balaban J connectivity index is 1.97. The Bertz CT molecular complexity index is 427. The summed E-state index contributed by atoms with van der Waals surface area (Å²) in [7, 11) is 0. The summed E-state index contributed by atoms with van der Waals surface area (Å²) >= 11 is 0. The molecule has 84 valence electrons. The van der Waals surface area contributed by atoms with Crippen LogP contribution in [-0.2, 0) is 13.0 Å². The van der Waals surface area contributed by atoms with Crippen molar-refractivity contribution in [3.05, 3.63) is 41.8 Å². The molecule has 0 aliphatic heterocycles. The van der Waals surface area contributed by atoms with Gasteiger partial charge >= 0.3 is 0 Å². The van der Waals surface area contributed by atoms with Crippen LogP contribution in [0.5, 0.6) is 0 Å². The zero-order valence-electron chi connectivity index (χ0n) is 9.18. The molecule has 0 atom stereocenters. The van der Waals surface area contributed by atoms with Gasteiger partial charge in [0.2, 0.25) is 5.89 Å². The predicted octanol–water partition coefficient (Wildman–Crippen LogP) is 1.16. The molecule has 0 saturated carbocycles. The molecule has 1 N–H and O–H groups in total. The average Bonchev–Trinajstić information content (AvgIpc) is 2.75. The van der Waals surface area contributed by atoms with Crippen molar-refractivity contribution >= 4 is 0 Å². The highest BCUT2D eigenvalue weighted by atomic mass is 16.5. The summed E-state index contributed by atoms with van der Waals surface area (Å²) in [6, 6.07) is 3.89. The molecule has 0 aromatic carbocycles. The SMILES string of the molecule is CCNCc1nc(Cc2ccncc2)no1. The van der Waals surface area contributed by atoms with Crippen molar-refractivity contribution in [3.8, 4) is 0 Å². The third kappa shape index (κ3) is 2.87. The number of rotatable bonds is 5. The third-order valence-corrected chi connectivity index (χ3v) is 2.15. The third-order valence-electron chi connectivity index (χ3n) is 2.15. The second-order valence-corrected chi connectivity index (χ2v) is 3.42. The number of nitrogens with zero attached hydrogens (tertiary/aromatic N) is 3. The van der Waals surface area contributed by atoms with Gasteiger partial charge in [-0.3, -0.25) is 4.98 Å². The summed E-state index contributed by atoms with van der Waals surface area (Å²) in [5.74, 6) is 1.34. The fraction of sp³-hybridized carbons (Fsp3) is 0.364. The molecule has 0 spiro atoms. The smallest absolute Gasteiger partial charge is 0.240 e. The largest absolute Gasteiger partial charge is 0.338 e. The molecule has 16 heavy (non-hydrogen) atoms. The van der Waals surface area contributed by atoms with Crippen LogP contribution in [0.15, 0.2) is 29.0 Å². The van der Waals surface area contributed by atoms with Crippen molar-refractivity contribution in [2.75, 3.05) is 6.54 Å². The lowest BCUT2D eigenvalue weighted by molar-refractivity contribution is 0.365. The second-order valence-electron chi connectivity index (χ2n) is 3.42. The Morgan fingerprint density at radius 3 is 2.88 bits per heavy atom. The van der Waals surface area contributed by atoms with E-state index in [1.807, 2.05) is 19.1 Å². The molecule has 0 fully saturated rings. The van der Waals surface area contributed by atoms with E-state index >= 15 is 0 Å². The number of aromatic nitrogens is 3. The van der Waals surface area contributed by atoms with Gasteiger partial charge in [0, 0.05) is 18.8 Å². The van der Waals surface area contributed by atoms with Gasteiger partial charge in [-0.05, 0) is 24.2 Å². The summed E-state index contributed by atoms with van der Waals surface area (Å²) in [4.78, 5) is 8.24. The molecule has 0 radical (unpaired) electrons. The van der Waals surface area contributed by atoms with Crippen LogP contribution in [-0.4, -0.2) is 21.7 Å². The van der Waals surface area contributed by atoms with Crippen molar-refractivity contribution in [1.29, 1.82) is 0 Å².